The Hall–Kier alpha value is -1.58. The fourth-order valence-corrected chi connectivity index (χ4v) is 2.32. The highest BCUT2D eigenvalue weighted by Crippen LogP contribution is 2.25. The van der Waals surface area contributed by atoms with Crippen molar-refractivity contribution in [3.63, 3.8) is 0 Å². The number of rotatable bonds is 1. The van der Waals surface area contributed by atoms with Crippen LogP contribution in [-0.2, 0) is 0 Å². The van der Waals surface area contributed by atoms with Gasteiger partial charge in [0.1, 0.15) is 11.3 Å². The molecule has 0 spiro atoms. The van der Waals surface area contributed by atoms with Crippen molar-refractivity contribution in [1.82, 2.24) is 0 Å². The number of hydrogen-bond acceptors (Lipinski definition) is 3. The first-order valence-electron chi connectivity index (χ1n) is 4.91. The van der Waals surface area contributed by atoms with E-state index in [4.69, 9.17) is 4.42 Å². The van der Waals surface area contributed by atoms with Gasteiger partial charge in [-0.05, 0) is 23.6 Å². The van der Waals surface area contributed by atoms with Gasteiger partial charge < -0.3 is 4.42 Å². The van der Waals surface area contributed by atoms with Crippen LogP contribution in [-0.4, -0.2) is 0 Å². The summed E-state index contributed by atoms with van der Waals surface area (Å²) in [5, 5.41) is 2.59. The molecule has 0 N–H and O–H groups in total. The van der Waals surface area contributed by atoms with E-state index < -0.39 is 0 Å². The van der Waals surface area contributed by atoms with Gasteiger partial charge >= 0.3 is 0 Å². The summed E-state index contributed by atoms with van der Waals surface area (Å²) in [6, 6.07) is 12.7. The van der Waals surface area contributed by atoms with Crippen molar-refractivity contribution in [2.45, 2.75) is 0 Å². The minimum atomic E-state index is 0. The predicted octanol–water partition coefficient (Wildman–Crippen LogP) is 3.94. The summed E-state index contributed by atoms with van der Waals surface area (Å²) in [5.74, 6) is 0.638. The Balaban J connectivity index is 0.00000108. The van der Waals surface area contributed by atoms with Crippen LogP contribution in [0.1, 0.15) is 0 Å². The van der Waals surface area contributed by atoms with E-state index in [1.165, 1.54) is 0 Å². The molecule has 0 amide bonds. The number of thiophene rings is 1. The lowest BCUT2D eigenvalue weighted by Gasteiger charge is -1.99. The minimum Gasteiger partial charge on any atom is -0.455 e. The van der Waals surface area contributed by atoms with Crippen LogP contribution in [0.15, 0.2) is 57.1 Å². The van der Waals surface area contributed by atoms with Crippen molar-refractivity contribution < 1.29 is 4.42 Å². The van der Waals surface area contributed by atoms with Crippen molar-refractivity contribution in [3.8, 4) is 10.6 Å². The van der Waals surface area contributed by atoms with Gasteiger partial charge in [-0.3, -0.25) is 4.79 Å². The minimum absolute atomic E-state index is 0. The molecule has 0 radical (unpaired) electrons. The molecule has 0 unspecified atom stereocenters. The molecule has 0 atom stereocenters. The fourth-order valence-electron chi connectivity index (χ4n) is 1.64. The van der Waals surface area contributed by atoms with Crippen molar-refractivity contribution in [2.24, 2.45) is 0 Å². The first-order valence-corrected chi connectivity index (χ1v) is 5.79. The van der Waals surface area contributed by atoms with Gasteiger partial charge in [-0.15, -0.1) is 23.7 Å². The molecule has 3 aromatic rings. The molecular weight excluding hydrogens is 256 g/mol. The first-order chi connectivity index (χ1) is 7.84. The molecule has 2 aromatic heterocycles. The Kier molecular flexibility index (Phi) is 3.31. The summed E-state index contributed by atoms with van der Waals surface area (Å²) in [7, 11) is 0. The molecule has 0 aliphatic carbocycles. The Labute approximate surface area is 108 Å². The number of halogens is 1. The van der Waals surface area contributed by atoms with Crippen LogP contribution in [0.4, 0.5) is 0 Å². The average Bonchev–Trinajstić information content (AvgIpc) is 2.82. The zero-order valence-corrected chi connectivity index (χ0v) is 10.4. The maximum atomic E-state index is 11.8. The molecule has 17 heavy (non-hydrogen) atoms. The van der Waals surface area contributed by atoms with E-state index in [9.17, 15) is 4.79 Å². The van der Waals surface area contributed by atoms with Gasteiger partial charge in [0.25, 0.3) is 0 Å². The molecule has 2 heterocycles. The maximum Gasteiger partial charge on any atom is 0.193 e. The monoisotopic (exact) mass is 264 g/mol. The SMILES string of the molecule is Cl.O=c1cc(-c2cccs2)oc2ccccc12. The smallest absolute Gasteiger partial charge is 0.193 e. The quantitative estimate of drug-likeness (QED) is 0.666. The summed E-state index contributed by atoms with van der Waals surface area (Å²) in [6.07, 6.45) is 0. The number of para-hydroxylation sites is 1. The third-order valence-electron chi connectivity index (χ3n) is 2.40. The maximum absolute atomic E-state index is 11.8. The lowest BCUT2D eigenvalue weighted by Crippen LogP contribution is -1.99. The molecule has 0 fully saturated rings. The van der Waals surface area contributed by atoms with Crippen molar-refractivity contribution in [3.05, 3.63) is 58.1 Å². The van der Waals surface area contributed by atoms with Gasteiger partial charge in [0.2, 0.25) is 0 Å². The van der Waals surface area contributed by atoms with E-state index in [0.717, 1.165) is 4.88 Å². The van der Waals surface area contributed by atoms with Gasteiger partial charge in [-0.2, -0.15) is 0 Å². The number of fused-ring (bicyclic) bond motifs is 1. The van der Waals surface area contributed by atoms with E-state index in [1.54, 1.807) is 23.5 Å². The molecule has 1 aromatic carbocycles. The standard InChI is InChI=1S/C13H8O2S.ClH/c14-10-8-12(13-6-3-7-16-13)15-11-5-2-1-4-9(10)11;/h1-8H;1H. The van der Waals surface area contributed by atoms with E-state index in [0.29, 0.717) is 16.7 Å². The van der Waals surface area contributed by atoms with E-state index in [-0.39, 0.29) is 17.8 Å². The van der Waals surface area contributed by atoms with Crippen LogP contribution in [0.25, 0.3) is 21.6 Å². The molecule has 0 bridgehead atoms. The van der Waals surface area contributed by atoms with Crippen LogP contribution in [0.2, 0.25) is 0 Å². The predicted molar refractivity (Wildman–Crippen MR) is 73.0 cm³/mol. The molecule has 0 saturated carbocycles. The topological polar surface area (TPSA) is 30.2 Å². The van der Waals surface area contributed by atoms with Gasteiger partial charge in [0.05, 0.1) is 10.3 Å². The van der Waals surface area contributed by atoms with Gasteiger partial charge in [-0.1, -0.05) is 18.2 Å². The highest BCUT2D eigenvalue weighted by molar-refractivity contribution is 7.13. The molecule has 86 valence electrons. The largest absolute Gasteiger partial charge is 0.455 e. The Morgan fingerprint density at radius 1 is 1.06 bits per heavy atom. The summed E-state index contributed by atoms with van der Waals surface area (Å²) in [5.41, 5.74) is 0.642. The van der Waals surface area contributed by atoms with E-state index in [1.807, 2.05) is 35.7 Å². The van der Waals surface area contributed by atoms with Crippen molar-refractivity contribution in [1.29, 1.82) is 0 Å². The van der Waals surface area contributed by atoms with Crippen LogP contribution in [0.3, 0.4) is 0 Å². The molecular formula is C13H9ClO2S. The second-order valence-electron chi connectivity index (χ2n) is 3.45. The Morgan fingerprint density at radius 2 is 1.88 bits per heavy atom. The van der Waals surface area contributed by atoms with Crippen molar-refractivity contribution >= 4 is 34.7 Å². The van der Waals surface area contributed by atoms with Gasteiger partial charge in [0, 0.05) is 6.07 Å². The summed E-state index contributed by atoms with van der Waals surface area (Å²) in [4.78, 5) is 12.8. The normalized spacial score (nSPS) is 10.1. The Bertz CT molecular complexity index is 686. The second-order valence-corrected chi connectivity index (χ2v) is 4.40. The molecule has 0 saturated heterocycles. The molecule has 3 rings (SSSR count). The van der Waals surface area contributed by atoms with Crippen LogP contribution in [0.5, 0.6) is 0 Å². The van der Waals surface area contributed by atoms with Crippen molar-refractivity contribution in [2.75, 3.05) is 0 Å². The fraction of sp³-hybridized carbons (Fsp3) is 0. The third kappa shape index (κ3) is 2.12. The first kappa shape index (κ1) is 11.9. The van der Waals surface area contributed by atoms with E-state index >= 15 is 0 Å². The highest BCUT2D eigenvalue weighted by atomic mass is 35.5. The van der Waals surface area contributed by atoms with Crippen LogP contribution in [0, 0.1) is 0 Å². The van der Waals surface area contributed by atoms with Gasteiger partial charge in [-0.25, -0.2) is 0 Å². The summed E-state index contributed by atoms with van der Waals surface area (Å²) >= 11 is 1.56. The second kappa shape index (κ2) is 4.73. The average molecular weight is 265 g/mol. The molecule has 2 nitrogen and oxygen atoms in total. The lowest BCUT2D eigenvalue weighted by molar-refractivity contribution is 0.620. The molecule has 0 aliphatic heterocycles. The third-order valence-corrected chi connectivity index (χ3v) is 3.28. The van der Waals surface area contributed by atoms with Crippen LogP contribution >= 0.6 is 23.7 Å². The van der Waals surface area contributed by atoms with Crippen LogP contribution < -0.4 is 5.43 Å². The number of hydrogen-bond donors (Lipinski definition) is 0. The molecule has 4 heteroatoms. The van der Waals surface area contributed by atoms with Gasteiger partial charge in [0.15, 0.2) is 5.43 Å². The summed E-state index contributed by atoms with van der Waals surface area (Å²) in [6.45, 7) is 0. The zero-order valence-electron chi connectivity index (χ0n) is 8.75. The lowest BCUT2D eigenvalue weighted by atomic mass is 10.2. The van der Waals surface area contributed by atoms with E-state index in [2.05, 4.69) is 0 Å². The molecule has 0 aliphatic rings. The zero-order chi connectivity index (χ0) is 11.0. The summed E-state index contributed by atoms with van der Waals surface area (Å²) < 4.78 is 5.70. The highest BCUT2D eigenvalue weighted by Gasteiger charge is 2.06. The Morgan fingerprint density at radius 3 is 2.65 bits per heavy atom. The number of benzene rings is 1.